The Balaban J connectivity index is 0. The van der Waals surface area contributed by atoms with Gasteiger partial charge in [-0.2, -0.15) is 0 Å². The van der Waals surface area contributed by atoms with Crippen LogP contribution < -0.4 is 0 Å². The van der Waals surface area contributed by atoms with E-state index in [9.17, 15) is 5.11 Å². The molecule has 0 saturated heterocycles. The van der Waals surface area contributed by atoms with Gasteiger partial charge in [0.05, 0.1) is 6.10 Å². The number of allylic oxidation sites excluding steroid dienone is 2. The van der Waals surface area contributed by atoms with E-state index in [0.29, 0.717) is 0 Å². The van der Waals surface area contributed by atoms with Gasteiger partial charge in [-0.3, -0.25) is 0 Å². The Morgan fingerprint density at radius 1 is 1.10 bits per heavy atom. The Hall–Kier alpha value is -0.680. The third-order valence-corrected chi connectivity index (χ3v) is 3.64. The maximum atomic E-state index is 9.20. The van der Waals surface area contributed by atoms with Gasteiger partial charge in [-0.05, 0) is 50.9 Å². The van der Waals surface area contributed by atoms with Crippen LogP contribution in [0.2, 0.25) is 0 Å². The van der Waals surface area contributed by atoms with Gasteiger partial charge in [0.2, 0.25) is 0 Å². The zero-order valence-electron chi connectivity index (χ0n) is 13.8. The molecule has 0 aromatic heterocycles. The maximum absolute atomic E-state index is 9.20. The molecule has 0 aliphatic heterocycles. The molecule has 0 aromatic rings. The summed E-state index contributed by atoms with van der Waals surface area (Å²) < 4.78 is 0. The van der Waals surface area contributed by atoms with Crippen LogP contribution in [0.5, 0.6) is 0 Å². The molecular formula is C17H34O4. The summed E-state index contributed by atoms with van der Waals surface area (Å²) in [5.41, 5.74) is 0. The van der Waals surface area contributed by atoms with Crippen molar-refractivity contribution in [2.24, 2.45) is 17.8 Å². The Kier molecular flexibility index (Phi) is 16.9. The topological polar surface area (TPSA) is 80.9 Å². The lowest BCUT2D eigenvalue weighted by atomic mass is 9.88. The van der Waals surface area contributed by atoms with E-state index in [1.165, 1.54) is 0 Å². The minimum atomic E-state index is -0.355. The van der Waals surface area contributed by atoms with Gasteiger partial charge in [-0.1, -0.05) is 25.2 Å². The maximum Gasteiger partial charge on any atom is 0.0541 e. The van der Waals surface area contributed by atoms with Crippen molar-refractivity contribution in [2.45, 2.75) is 46.1 Å². The van der Waals surface area contributed by atoms with E-state index in [4.69, 9.17) is 15.3 Å². The summed E-state index contributed by atoms with van der Waals surface area (Å²) in [6, 6.07) is 0. The van der Waals surface area contributed by atoms with Crippen LogP contribution in [0.3, 0.4) is 0 Å². The average Bonchev–Trinajstić information content (AvgIpc) is 2.48. The molecule has 4 N–H and O–H groups in total. The van der Waals surface area contributed by atoms with Gasteiger partial charge in [-0.15, -0.1) is 6.58 Å². The van der Waals surface area contributed by atoms with Crippen molar-refractivity contribution >= 4 is 0 Å². The summed E-state index contributed by atoms with van der Waals surface area (Å²) in [4.78, 5) is 0. The third-order valence-electron chi connectivity index (χ3n) is 3.64. The first-order valence-corrected chi connectivity index (χ1v) is 7.72. The minimum absolute atomic E-state index is 0.123. The van der Waals surface area contributed by atoms with E-state index in [0.717, 1.165) is 19.3 Å². The zero-order chi connectivity index (χ0) is 16.7. The van der Waals surface area contributed by atoms with E-state index < -0.39 is 0 Å². The molecule has 0 heterocycles. The second-order valence-electron chi connectivity index (χ2n) is 5.40. The van der Waals surface area contributed by atoms with Crippen LogP contribution in [0.4, 0.5) is 0 Å². The molecule has 0 aliphatic rings. The molecule has 0 spiro atoms. The fraction of sp³-hybridized carbons (Fsp3) is 0.765. The quantitative estimate of drug-likeness (QED) is 0.466. The largest absolute Gasteiger partial charge is 0.396 e. The first kappa shape index (κ1) is 22.6. The van der Waals surface area contributed by atoms with Crippen molar-refractivity contribution < 1.29 is 20.4 Å². The van der Waals surface area contributed by atoms with Crippen molar-refractivity contribution in [2.75, 3.05) is 19.8 Å². The molecule has 4 unspecified atom stereocenters. The van der Waals surface area contributed by atoms with Crippen LogP contribution in [-0.2, 0) is 0 Å². The lowest BCUT2D eigenvalue weighted by Crippen LogP contribution is -2.25. The Bertz CT molecular complexity index is 251. The van der Waals surface area contributed by atoms with Crippen molar-refractivity contribution in [3.63, 3.8) is 0 Å². The predicted octanol–water partition coefficient (Wildman–Crippen LogP) is 2.13. The number of hydrogen-bond acceptors (Lipinski definition) is 4. The Labute approximate surface area is 129 Å². The van der Waals surface area contributed by atoms with Crippen LogP contribution >= 0.6 is 0 Å². The molecule has 0 fully saturated rings. The van der Waals surface area contributed by atoms with Crippen LogP contribution in [0.25, 0.3) is 0 Å². The van der Waals surface area contributed by atoms with Gasteiger partial charge in [-0.25, -0.2) is 0 Å². The molecule has 4 nitrogen and oxygen atoms in total. The number of aliphatic hydroxyl groups is 4. The molecule has 0 saturated carbocycles. The van der Waals surface area contributed by atoms with Crippen LogP contribution in [0.1, 0.15) is 40.0 Å². The van der Waals surface area contributed by atoms with Gasteiger partial charge in [0.1, 0.15) is 0 Å². The molecule has 21 heavy (non-hydrogen) atoms. The lowest BCUT2D eigenvalue weighted by molar-refractivity contribution is 0.0714. The summed E-state index contributed by atoms with van der Waals surface area (Å²) in [5.74, 6) is 0.516. The van der Waals surface area contributed by atoms with Crippen molar-refractivity contribution in [3.8, 4) is 0 Å². The van der Waals surface area contributed by atoms with Gasteiger partial charge < -0.3 is 20.4 Å². The molecule has 0 radical (unpaired) electrons. The van der Waals surface area contributed by atoms with Crippen LogP contribution in [-0.4, -0.2) is 46.4 Å². The van der Waals surface area contributed by atoms with E-state index >= 15 is 0 Å². The highest BCUT2D eigenvalue weighted by molar-refractivity contribution is 4.84. The normalized spacial score (nSPS) is 16.7. The van der Waals surface area contributed by atoms with E-state index in [1.54, 1.807) is 13.0 Å². The van der Waals surface area contributed by atoms with Gasteiger partial charge in [0.15, 0.2) is 0 Å². The standard InChI is InChI=1S/C9H18O2.C8H16O2/c1-4-5-9(6-10)7(2)8(3)11;1-2-4-8(7-10)5-3-6-9/h4,7-11H,1,5-6H2,2-3H3;2,4,8-10H,3,5-7H2,1H3. The fourth-order valence-corrected chi connectivity index (χ4v) is 1.94. The number of aliphatic hydroxyl groups excluding tert-OH is 4. The molecular weight excluding hydrogens is 268 g/mol. The summed E-state index contributed by atoms with van der Waals surface area (Å²) in [6.07, 6.45) is 7.73. The SMILES string of the molecule is C=CCC(CO)C(C)C(C)O.CC=CC(CO)CCCO. The molecule has 0 aromatic carbocycles. The average molecular weight is 302 g/mol. The number of rotatable bonds is 10. The molecule has 4 heteroatoms. The summed E-state index contributed by atoms with van der Waals surface area (Å²) in [7, 11) is 0. The zero-order valence-corrected chi connectivity index (χ0v) is 13.8. The van der Waals surface area contributed by atoms with E-state index in [2.05, 4.69) is 6.58 Å². The third kappa shape index (κ3) is 12.8. The van der Waals surface area contributed by atoms with Crippen molar-refractivity contribution in [1.29, 1.82) is 0 Å². The van der Waals surface area contributed by atoms with Gasteiger partial charge >= 0.3 is 0 Å². The Morgan fingerprint density at radius 3 is 2.05 bits per heavy atom. The summed E-state index contributed by atoms with van der Waals surface area (Å²) in [5, 5.41) is 35.3. The van der Waals surface area contributed by atoms with E-state index in [-0.39, 0.29) is 43.7 Å². The highest BCUT2D eigenvalue weighted by atomic mass is 16.3. The predicted molar refractivity (Wildman–Crippen MR) is 87.9 cm³/mol. The monoisotopic (exact) mass is 302 g/mol. The molecule has 0 rings (SSSR count). The second-order valence-corrected chi connectivity index (χ2v) is 5.40. The highest BCUT2D eigenvalue weighted by Gasteiger charge is 2.18. The molecule has 4 atom stereocenters. The van der Waals surface area contributed by atoms with Crippen LogP contribution in [0, 0.1) is 17.8 Å². The van der Waals surface area contributed by atoms with Crippen molar-refractivity contribution in [3.05, 3.63) is 24.8 Å². The second kappa shape index (κ2) is 15.7. The fourth-order valence-electron chi connectivity index (χ4n) is 1.94. The smallest absolute Gasteiger partial charge is 0.0541 e. The number of hydrogen-bond donors (Lipinski definition) is 4. The molecule has 0 amide bonds. The van der Waals surface area contributed by atoms with E-state index in [1.807, 2.05) is 26.0 Å². The first-order valence-electron chi connectivity index (χ1n) is 7.72. The highest BCUT2D eigenvalue weighted by Crippen LogP contribution is 2.18. The van der Waals surface area contributed by atoms with Crippen molar-refractivity contribution in [1.82, 2.24) is 0 Å². The minimum Gasteiger partial charge on any atom is -0.396 e. The van der Waals surface area contributed by atoms with Gasteiger partial charge in [0, 0.05) is 19.8 Å². The Morgan fingerprint density at radius 2 is 1.71 bits per heavy atom. The molecule has 126 valence electrons. The lowest BCUT2D eigenvalue weighted by Gasteiger charge is -2.22. The van der Waals surface area contributed by atoms with Crippen LogP contribution in [0.15, 0.2) is 24.8 Å². The summed E-state index contributed by atoms with van der Waals surface area (Å²) in [6.45, 7) is 9.74. The van der Waals surface area contributed by atoms with Gasteiger partial charge in [0.25, 0.3) is 0 Å². The molecule has 0 aliphatic carbocycles. The first-order chi connectivity index (χ1) is 9.98. The molecule has 0 bridgehead atoms. The summed E-state index contributed by atoms with van der Waals surface area (Å²) >= 11 is 0.